The number of anilines is 3. The highest BCUT2D eigenvalue weighted by Crippen LogP contribution is 2.24. The Kier molecular flexibility index (Phi) is 5.72. The standard InChI is InChI=1S/C21H19ClFN3O/c1-13(2)14-5-7-15(8-6-14)25-20-17(4-3-11-24-20)21(27)26-16-9-10-19(23)18(22)12-16/h3-13H,1-2H3,(H,24,25)(H,26,27). The fourth-order valence-electron chi connectivity index (χ4n) is 2.55. The van der Waals surface area contributed by atoms with Gasteiger partial charge in [0.15, 0.2) is 0 Å². The van der Waals surface area contributed by atoms with E-state index in [-0.39, 0.29) is 10.9 Å². The molecule has 27 heavy (non-hydrogen) atoms. The van der Waals surface area contributed by atoms with Gasteiger partial charge in [0, 0.05) is 17.6 Å². The van der Waals surface area contributed by atoms with Crippen LogP contribution in [0.4, 0.5) is 21.6 Å². The Hall–Kier alpha value is -2.92. The van der Waals surface area contributed by atoms with E-state index in [9.17, 15) is 9.18 Å². The second kappa shape index (κ2) is 8.18. The second-order valence-corrected chi connectivity index (χ2v) is 6.79. The van der Waals surface area contributed by atoms with Gasteiger partial charge < -0.3 is 10.6 Å². The summed E-state index contributed by atoms with van der Waals surface area (Å²) in [5.74, 6) is -0.0337. The summed E-state index contributed by atoms with van der Waals surface area (Å²) in [6, 6.07) is 15.3. The van der Waals surface area contributed by atoms with Crippen molar-refractivity contribution in [2.45, 2.75) is 19.8 Å². The minimum absolute atomic E-state index is 0.0532. The van der Waals surface area contributed by atoms with E-state index in [1.807, 2.05) is 24.3 Å². The third-order valence-corrected chi connectivity index (χ3v) is 4.36. The van der Waals surface area contributed by atoms with E-state index < -0.39 is 5.82 Å². The summed E-state index contributed by atoms with van der Waals surface area (Å²) in [6.45, 7) is 4.26. The summed E-state index contributed by atoms with van der Waals surface area (Å²) in [4.78, 5) is 16.9. The molecule has 3 rings (SSSR count). The molecule has 0 atom stereocenters. The Morgan fingerprint density at radius 2 is 1.78 bits per heavy atom. The minimum Gasteiger partial charge on any atom is -0.340 e. The lowest BCUT2D eigenvalue weighted by Crippen LogP contribution is -2.14. The molecule has 0 aliphatic carbocycles. The first-order chi connectivity index (χ1) is 12.9. The first-order valence-corrected chi connectivity index (χ1v) is 8.90. The highest BCUT2D eigenvalue weighted by atomic mass is 35.5. The topological polar surface area (TPSA) is 54.0 Å². The van der Waals surface area contributed by atoms with Gasteiger partial charge in [-0.3, -0.25) is 4.79 Å². The largest absolute Gasteiger partial charge is 0.340 e. The van der Waals surface area contributed by atoms with Crippen molar-refractivity contribution in [1.29, 1.82) is 0 Å². The van der Waals surface area contributed by atoms with Crippen LogP contribution in [0.25, 0.3) is 0 Å². The van der Waals surface area contributed by atoms with Gasteiger partial charge in [-0.15, -0.1) is 0 Å². The number of aromatic nitrogens is 1. The van der Waals surface area contributed by atoms with Crippen molar-refractivity contribution in [2.75, 3.05) is 10.6 Å². The predicted molar refractivity (Wildman–Crippen MR) is 107 cm³/mol. The summed E-state index contributed by atoms with van der Waals surface area (Å²) < 4.78 is 13.3. The van der Waals surface area contributed by atoms with Gasteiger partial charge in [-0.05, 0) is 53.9 Å². The lowest BCUT2D eigenvalue weighted by molar-refractivity contribution is 0.102. The van der Waals surface area contributed by atoms with Crippen LogP contribution < -0.4 is 10.6 Å². The van der Waals surface area contributed by atoms with E-state index in [1.54, 1.807) is 18.3 Å². The number of carbonyl (C=O) groups excluding carboxylic acids is 1. The van der Waals surface area contributed by atoms with Crippen molar-refractivity contribution in [3.05, 3.63) is 82.8 Å². The first kappa shape index (κ1) is 18.9. The van der Waals surface area contributed by atoms with Gasteiger partial charge in [0.05, 0.1) is 10.6 Å². The maximum Gasteiger partial charge on any atom is 0.259 e. The fraction of sp³-hybridized carbons (Fsp3) is 0.143. The molecule has 138 valence electrons. The van der Waals surface area contributed by atoms with Crippen LogP contribution in [0, 0.1) is 5.82 Å². The van der Waals surface area contributed by atoms with Gasteiger partial charge in [-0.25, -0.2) is 9.37 Å². The monoisotopic (exact) mass is 383 g/mol. The first-order valence-electron chi connectivity index (χ1n) is 8.52. The zero-order chi connectivity index (χ0) is 19.4. The van der Waals surface area contributed by atoms with Gasteiger partial charge in [0.1, 0.15) is 11.6 Å². The van der Waals surface area contributed by atoms with Gasteiger partial charge in [0.2, 0.25) is 0 Å². The van der Waals surface area contributed by atoms with E-state index in [4.69, 9.17) is 11.6 Å². The van der Waals surface area contributed by atoms with Crippen molar-refractivity contribution in [2.24, 2.45) is 0 Å². The molecule has 0 saturated heterocycles. The Morgan fingerprint density at radius 3 is 2.44 bits per heavy atom. The molecule has 2 N–H and O–H groups in total. The SMILES string of the molecule is CC(C)c1ccc(Nc2ncccc2C(=O)Nc2ccc(F)c(Cl)c2)cc1. The quantitative estimate of drug-likeness (QED) is 0.568. The number of rotatable bonds is 5. The van der Waals surface area contributed by atoms with Crippen molar-refractivity contribution in [1.82, 2.24) is 4.98 Å². The maximum atomic E-state index is 13.3. The number of pyridine rings is 1. The predicted octanol–water partition coefficient (Wildman–Crippen LogP) is 5.99. The number of nitrogens with zero attached hydrogens (tertiary/aromatic N) is 1. The van der Waals surface area contributed by atoms with Crippen LogP contribution in [0.15, 0.2) is 60.8 Å². The molecule has 3 aromatic rings. The van der Waals surface area contributed by atoms with Crippen LogP contribution in [0.1, 0.15) is 35.7 Å². The molecule has 1 aromatic heterocycles. The third-order valence-electron chi connectivity index (χ3n) is 4.07. The molecule has 2 aromatic carbocycles. The number of halogens is 2. The van der Waals surface area contributed by atoms with Gasteiger partial charge in [-0.1, -0.05) is 37.6 Å². The van der Waals surface area contributed by atoms with E-state index in [0.29, 0.717) is 23.0 Å². The second-order valence-electron chi connectivity index (χ2n) is 6.38. The molecule has 0 bridgehead atoms. The molecule has 0 unspecified atom stereocenters. The molecule has 1 amide bonds. The van der Waals surface area contributed by atoms with E-state index in [2.05, 4.69) is 29.5 Å². The molecule has 0 aliphatic heterocycles. The van der Waals surface area contributed by atoms with Crippen LogP contribution in [0.2, 0.25) is 5.02 Å². The number of benzene rings is 2. The highest BCUT2D eigenvalue weighted by molar-refractivity contribution is 6.31. The van der Waals surface area contributed by atoms with Crippen LogP contribution in [-0.2, 0) is 0 Å². The molecular weight excluding hydrogens is 365 g/mol. The van der Waals surface area contributed by atoms with Crippen molar-refractivity contribution in [3.8, 4) is 0 Å². The Morgan fingerprint density at radius 1 is 1.07 bits per heavy atom. The minimum atomic E-state index is -0.539. The van der Waals surface area contributed by atoms with E-state index in [1.165, 1.54) is 23.8 Å². The number of amides is 1. The average Bonchev–Trinajstić information content (AvgIpc) is 2.65. The Labute approximate surface area is 162 Å². The van der Waals surface area contributed by atoms with Crippen LogP contribution in [-0.4, -0.2) is 10.9 Å². The molecule has 0 spiro atoms. The normalized spacial score (nSPS) is 10.7. The third kappa shape index (κ3) is 4.63. The summed E-state index contributed by atoms with van der Waals surface area (Å²) in [7, 11) is 0. The van der Waals surface area contributed by atoms with E-state index in [0.717, 1.165) is 5.69 Å². The number of hydrogen-bond acceptors (Lipinski definition) is 3. The summed E-state index contributed by atoms with van der Waals surface area (Å²) in [5.41, 5.74) is 2.83. The lowest BCUT2D eigenvalue weighted by Gasteiger charge is -2.12. The van der Waals surface area contributed by atoms with Crippen molar-refractivity contribution >= 4 is 34.7 Å². The molecule has 0 fully saturated rings. The molecule has 0 radical (unpaired) electrons. The van der Waals surface area contributed by atoms with Gasteiger partial charge in [-0.2, -0.15) is 0 Å². The average molecular weight is 384 g/mol. The molecule has 0 saturated carbocycles. The molecule has 0 aliphatic rings. The smallest absolute Gasteiger partial charge is 0.259 e. The number of nitrogens with one attached hydrogen (secondary N) is 2. The summed E-state index contributed by atoms with van der Waals surface area (Å²) in [6.07, 6.45) is 1.61. The summed E-state index contributed by atoms with van der Waals surface area (Å²) in [5, 5.41) is 5.82. The van der Waals surface area contributed by atoms with Gasteiger partial charge in [0.25, 0.3) is 5.91 Å². The summed E-state index contributed by atoms with van der Waals surface area (Å²) >= 11 is 5.77. The number of hydrogen-bond donors (Lipinski definition) is 2. The number of carbonyl (C=O) groups is 1. The van der Waals surface area contributed by atoms with Crippen molar-refractivity contribution < 1.29 is 9.18 Å². The molecule has 1 heterocycles. The molecular formula is C21H19ClFN3O. The lowest BCUT2D eigenvalue weighted by atomic mass is 10.0. The Bertz CT molecular complexity index is 958. The fourth-order valence-corrected chi connectivity index (χ4v) is 2.73. The van der Waals surface area contributed by atoms with Crippen LogP contribution in [0.5, 0.6) is 0 Å². The zero-order valence-corrected chi connectivity index (χ0v) is 15.7. The maximum absolute atomic E-state index is 13.3. The van der Waals surface area contributed by atoms with Crippen molar-refractivity contribution in [3.63, 3.8) is 0 Å². The Balaban J connectivity index is 1.80. The molecule has 4 nitrogen and oxygen atoms in total. The van der Waals surface area contributed by atoms with Crippen LogP contribution in [0.3, 0.4) is 0 Å². The molecule has 6 heteroatoms. The van der Waals surface area contributed by atoms with E-state index >= 15 is 0 Å². The highest BCUT2D eigenvalue weighted by Gasteiger charge is 2.14. The zero-order valence-electron chi connectivity index (χ0n) is 15.0. The van der Waals surface area contributed by atoms with Gasteiger partial charge >= 0.3 is 0 Å². The van der Waals surface area contributed by atoms with Crippen LogP contribution >= 0.6 is 11.6 Å².